The zero-order chi connectivity index (χ0) is 25.8. The highest BCUT2D eigenvalue weighted by Gasteiger charge is 2.15. The standard InChI is InChI=1S/C23H43N5O6/c1-5-24-18(29)10-6-14-25-19(30)11-7-15-26-20(31)12-8-16-27-21(32)13-9-17-28-22(33)34-23(2,3)4/h5-17H2,1-4H3,(H,24,29)(H,25,30)(H,26,31)(H,27,32)(H,28,33). The van der Waals surface area contributed by atoms with Crippen LogP contribution in [-0.2, 0) is 23.9 Å². The van der Waals surface area contributed by atoms with Crippen LogP contribution in [0.3, 0.4) is 0 Å². The van der Waals surface area contributed by atoms with E-state index in [2.05, 4.69) is 26.6 Å². The molecular weight excluding hydrogens is 442 g/mol. The smallest absolute Gasteiger partial charge is 0.407 e. The summed E-state index contributed by atoms with van der Waals surface area (Å²) in [5.41, 5.74) is -0.558. The van der Waals surface area contributed by atoms with Crippen LogP contribution in [0.25, 0.3) is 0 Å². The molecule has 0 aromatic carbocycles. The number of carbonyl (C=O) groups excluding carboxylic acids is 5. The fourth-order valence-electron chi connectivity index (χ4n) is 2.73. The highest BCUT2D eigenvalue weighted by molar-refractivity contribution is 5.78. The van der Waals surface area contributed by atoms with Crippen LogP contribution in [0.15, 0.2) is 0 Å². The summed E-state index contributed by atoms with van der Waals surface area (Å²) in [4.78, 5) is 58.1. The van der Waals surface area contributed by atoms with E-state index >= 15 is 0 Å². The molecule has 5 amide bonds. The van der Waals surface area contributed by atoms with Crippen molar-refractivity contribution in [3.63, 3.8) is 0 Å². The minimum atomic E-state index is -0.558. The van der Waals surface area contributed by atoms with Crippen LogP contribution in [0.1, 0.15) is 79.1 Å². The highest BCUT2D eigenvalue weighted by Crippen LogP contribution is 2.06. The number of alkyl carbamates (subject to hydrolysis) is 1. The maximum absolute atomic E-state index is 11.8. The largest absolute Gasteiger partial charge is 0.444 e. The van der Waals surface area contributed by atoms with Crippen molar-refractivity contribution >= 4 is 29.7 Å². The lowest BCUT2D eigenvalue weighted by atomic mass is 10.2. The van der Waals surface area contributed by atoms with Crippen molar-refractivity contribution in [2.45, 2.75) is 84.7 Å². The molecule has 0 bridgehead atoms. The van der Waals surface area contributed by atoms with Crippen LogP contribution >= 0.6 is 0 Å². The summed E-state index contributed by atoms with van der Waals surface area (Å²) in [7, 11) is 0. The summed E-state index contributed by atoms with van der Waals surface area (Å²) in [6.07, 6.45) is 2.87. The Morgan fingerprint density at radius 2 is 0.882 bits per heavy atom. The van der Waals surface area contributed by atoms with Crippen molar-refractivity contribution in [1.29, 1.82) is 0 Å². The topological polar surface area (TPSA) is 155 Å². The zero-order valence-corrected chi connectivity index (χ0v) is 21.1. The molecule has 34 heavy (non-hydrogen) atoms. The van der Waals surface area contributed by atoms with E-state index in [4.69, 9.17) is 4.74 Å². The second-order valence-corrected chi connectivity index (χ2v) is 8.85. The Labute approximate surface area is 202 Å². The molecule has 0 aromatic heterocycles. The number of ether oxygens (including phenoxy) is 1. The summed E-state index contributed by atoms with van der Waals surface area (Å²) in [6, 6.07) is 0. The van der Waals surface area contributed by atoms with Crippen molar-refractivity contribution < 1.29 is 28.7 Å². The molecule has 11 heteroatoms. The van der Waals surface area contributed by atoms with Crippen molar-refractivity contribution in [2.24, 2.45) is 0 Å². The third-order valence-electron chi connectivity index (χ3n) is 4.33. The minimum Gasteiger partial charge on any atom is -0.444 e. The summed E-state index contributed by atoms with van der Waals surface area (Å²) in [5.74, 6) is -0.387. The Morgan fingerprint density at radius 3 is 1.21 bits per heavy atom. The van der Waals surface area contributed by atoms with Crippen LogP contribution in [0.5, 0.6) is 0 Å². The monoisotopic (exact) mass is 485 g/mol. The Morgan fingerprint density at radius 1 is 0.559 bits per heavy atom. The van der Waals surface area contributed by atoms with Gasteiger partial charge in [-0.3, -0.25) is 19.2 Å². The lowest BCUT2D eigenvalue weighted by molar-refractivity contribution is -0.123. The summed E-state index contributed by atoms with van der Waals surface area (Å²) in [5, 5.41) is 13.5. The minimum absolute atomic E-state index is 0.0216. The van der Waals surface area contributed by atoms with Crippen LogP contribution < -0.4 is 26.6 Å². The van der Waals surface area contributed by atoms with Crippen molar-refractivity contribution in [3.8, 4) is 0 Å². The average molecular weight is 486 g/mol. The van der Waals surface area contributed by atoms with Crippen molar-refractivity contribution in [1.82, 2.24) is 26.6 Å². The molecular formula is C23H43N5O6. The van der Waals surface area contributed by atoms with Gasteiger partial charge in [0, 0.05) is 58.4 Å². The van der Waals surface area contributed by atoms with Crippen LogP contribution in [0.4, 0.5) is 4.79 Å². The molecule has 0 radical (unpaired) electrons. The molecule has 0 aliphatic heterocycles. The number of amides is 5. The van der Waals surface area contributed by atoms with Crippen LogP contribution in [0, 0.1) is 0 Å². The molecule has 0 fully saturated rings. The molecule has 0 rings (SSSR count). The molecule has 0 aromatic rings. The van der Waals surface area contributed by atoms with E-state index < -0.39 is 11.7 Å². The lowest BCUT2D eigenvalue weighted by Gasteiger charge is -2.19. The van der Waals surface area contributed by atoms with Gasteiger partial charge < -0.3 is 31.3 Å². The van der Waals surface area contributed by atoms with E-state index in [0.717, 1.165) is 0 Å². The lowest BCUT2D eigenvalue weighted by Crippen LogP contribution is -2.33. The van der Waals surface area contributed by atoms with Gasteiger partial charge in [0.1, 0.15) is 5.60 Å². The summed E-state index contributed by atoms with van der Waals surface area (Å²) in [6.45, 7) is 9.39. The first-order chi connectivity index (χ1) is 16.0. The van der Waals surface area contributed by atoms with Gasteiger partial charge in [0.05, 0.1) is 0 Å². The van der Waals surface area contributed by atoms with Gasteiger partial charge in [-0.2, -0.15) is 0 Å². The molecule has 0 aliphatic carbocycles. The predicted octanol–water partition coefficient (Wildman–Crippen LogP) is 1.12. The predicted molar refractivity (Wildman–Crippen MR) is 129 cm³/mol. The Hall–Kier alpha value is -2.85. The first-order valence-electron chi connectivity index (χ1n) is 12.1. The van der Waals surface area contributed by atoms with Gasteiger partial charge in [-0.05, 0) is 53.4 Å². The molecule has 0 saturated carbocycles. The SMILES string of the molecule is CCNC(=O)CCCNC(=O)CCCNC(=O)CCCNC(=O)CCCNC(=O)OC(C)(C)C. The van der Waals surface area contributed by atoms with E-state index in [1.165, 1.54) is 0 Å². The maximum atomic E-state index is 11.8. The van der Waals surface area contributed by atoms with E-state index in [0.29, 0.717) is 71.2 Å². The van der Waals surface area contributed by atoms with Crippen molar-refractivity contribution in [2.75, 3.05) is 32.7 Å². The Bertz CT molecular complexity index is 648. The van der Waals surface area contributed by atoms with Gasteiger partial charge in [0.25, 0.3) is 0 Å². The second kappa shape index (κ2) is 18.6. The maximum Gasteiger partial charge on any atom is 0.407 e. The number of hydrogen-bond acceptors (Lipinski definition) is 6. The average Bonchev–Trinajstić information content (AvgIpc) is 2.74. The summed E-state index contributed by atoms with van der Waals surface area (Å²) < 4.78 is 5.11. The molecule has 5 N–H and O–H groups in total. The third-order valence-corrected chi connectivity index (χ3v) is 4.33. The van der Waals surface area contributed by atoms with Gasteiger partial charge in [0.15, 0.2) is 0 Å². The molecule has 11 nitrogen and oxygen atoms in total. The van der Waals surface area contributed by atoms with Gasteiger partial charge in [0.2, 0.25) is 23.6 Å². The quantitative estimate of drug-likeness (QED) is 0.194. The Balaban J connectivity index is 3.59. The molecule has 0 spiro atoms. The molecule has 0 unspecified atom stereocenters. The van der Waals surface area contributed by atoms with Gasteiger partial charge in [-0.1, -0.05) is 0 Å². The molecule has 0 atom stereocenters. The van der Waals surface area contributed by atoms with Gasteiger partial charge in [-0.25, -0.2) is 4.79 Å². The molecule has 0 aliphatic rings. The number of hydrogen-bond donors (Lipinski definition) is 5. The molecule has 196 valence electrons. The third kappa shape index (κ3) is 21.0. The first-order valence-corrected chi connectivity index (χ1v) is 12.1. The first kappa shape index (κ1) is 31.1. The van der Waals surface area contributed by atoms with Gasteiger partial charge >= 0.3 is 6.09 Å². The van der Waals surface area contributed by atoms with E-state index in [1.807, 2.05) is 6.92 Å². The number of rotatable bonds is 17. The van der Waals surface area contributed by atoms with Crippen LogP contribution in [0.2, 0.25) is 0 Å². The second-order valence-electron chi connectivity index (χ2n) is 8.85. The molecule has 0 heterocycles. The van der Waals surface area contributed by atoms with E-state index in [1.54, 1.807) is 20.8 Å². The van der Waals surface area contributed by atoms with Gasteiger partial charge in [-0.15, -0.1) is 0 Å². The van der Waals surface area contributed by atoms with E-state index in [9.17, 15) is 24.0 Å². The zero-order valence-electron chi connectivity index (χ0n) is 21.1. The summed E-state index contributed by atoms with van der Waals surface area (Å²) >= 11 is 0. The van der Waals surface area contributed by atoms with Crippen LogP contribution in [-0.4, -0.2) is 68.0 Å². The number of carbonyl (C=O) groups is 5. The fraction of sp³-hybridized carbons (Fsp3) is 0.783. The normalized spacial score (nSPS) is 10.7. The number of nitrogens with one attached hydrogen (secondary N) is 5. The molecule has 0 saturated heterocycles. The van der Waals surface area contributed by atoms with E-state index in [-0.39, 0.29) is 36.5 Å². The Kier molecular flexibility index (Phi) is 17.0. The fourth-order valence-corrected chi connectivity index (χ4v) is 2.73. The highest BCUT2D eigenvalue weighted by atomic mass is 16.6. The van der Waals surface area contributed by atoms with Crippen molar-refractivity contribution in [3.05, 3.63) is 0 Å².